The van der Waals surface area contributed by atoms with Crippen LogP contribution in [0, 0.1) is 0 Å². The van der Waals surface area contributed by atoms with Gasteiger partial charge in [0, 0.05) is 17.6 Å². The van der Waals surface area contributed by atoms with E-state index in [1.807, 2.05) is 18.2 Å². The summed E-state index contributed by atoms with van der Waals surface area (Å²) in [6.45, 7) is 6.76. The minimum Gasteiger partial charge on any atom is -0.322 e. The van der Waals surface area contributed by atoms with Crippen LogP contribution in [0.4, 0.5) is 0 Å². The van der Waals surface area contributed by atoms with Crippen molar-refractivity contribution in [2.24, 2.45) is 0 Å². The van der Waals surface area contributed by atoms with Crippen molar-refractivity contribution in [3.8, 4) is 0 Å². The zero-order chi connectivity index (χ0) is 20.8. The normalized spacial score (nSPS) is 14.0. The van der Waals surface area contributed by atoms with Crippen LogP contribution in [0.15, 0.2) is 53.3 Å². The Kier molecular flexibility index (Phi) is 4.61. The lowest BCUT2D eigenvalue weighted by molar-refractivity contribution is 0.0652. The number of benzene rings is 2. The van der Waals surface area contributed by atoms with Crippen LogP contribution >= 0.6 is 0 Å². The molecule has 0 fully saturated rings. The average Bonchev–Trinajstić information content (AvgIpc) is 2.92. The molecule has 5 nitrogen and oxygen atoms in total. The summed E-state index contributed by atoms with van der Waals surface area (Å²) in [5.41, 5.74) is 3.49. The predicted octanol–water partition coefficient (Wildman–Crippen LogP) is 4.05. The SMILES string of the molecule is CC(C)(C)c1ccc2[nH]c(=O)c(CCCN3C(=O)c4ccccc4C3=O)cc2c1. The van der Waals surface area contributed by atoms with Crippen LogP contribution in [0.3, 0.4) is 0 Å². The Bertz CT molecular complexity index is 1150. The standard InChI is InChI=1S/C24H24N2O3/c1-24(2,3)17-10-11-20-16(14-17)13-15(21(27)25-20)7-6-12-26-22(28)18-8-4-5-9-19(18)23(26)29/h4-5,8-11,13-14H,6-7,12H2,1-3H3,(H,25,27). The number of hydrogen-bond acceptors (Lipinski definition) is 3. The molecule has 4 rings (SSSR count). The number of pyridine rings is 1. The van der Waals surface area contributed by atoms with Gasteiger partial charge in [0.15, 0.2) is 0 Å². The molecule has 0 spiro atoms. The highest BCUT2D eigenvalue weighted by Crippen LogP contribution is 2.26. The Labute approximate surface area is 169 Å². The topological polar surface area (TPSA) is 70.2 Å². The molecule has 29 heavy (non-hydrogen) atoms. The molecule has 3 aromatic rings. The highest BCUT2D eigenvalue weighted by Gasteiger charge is 2.34. The van der Waals surface area contributed by atoms with Crippen LogP contribution in [0.1, 0.15) is 59.0 Å². The second-order valence-electron chi connectivity index (χ2n) is 8.59. The summed E-state index contributed by atoms with van der Waals surface area (Å²) in [4.78, 5) is 41.6. The molecular formula is C24H24N2O3. The van der Waals surface area contributed by atoms with Gasteiger partial charge in [0.2, 0.25) is 0 Å². The van der Waals surface area contributed by atoms with Crippen molar-refractivity contribution in [3.63, 3.8) is 0 Å². The van der Waals surface area contributed by atoms with E-state index in [0.717, 1.165) is 10.9 Å². The van der Waals surface area contributed by atoms with Crippen molar-refractivity contribution < 1.29 is 9.59 Å². The maximum absolute atomic E-state index is 12.5. The largest absolute Gasteiger partial charge is 0.322 e. The number of aryl methyl sites for hydroxylation is 1. The van der Waals surface area contributed by atoms with Crippen molar-refractivity contribution in [1.29, 1.82) is 0 Å². The predicted molar refractivity (Wildman–Crippen MR) is 113 cm³/mol. The van der Waals surface area contributed by atoms with Crippen LogP contribution in [0.2, 0.25) is 0 Å². The van der Waals surface area contributed by atoms with E-state index in [4.69, 9.17) is 0 Å². The lowest BCUT2D eigenvalue weighted by atomic mass is 9.86. The minimum atomic E-state index is -0.257. The highest BCUT2D eigenvalue weighted by molar-refractivity contribution is 6.21. The third-order valence-corrected chi connectivity index (χ3v) is 5.49. The summed E-state index contributed by atoms with van der Waals surface area (Å²) >= 11 is 0. The first-order chi connectivity index (χ1) is 13.8. The van der Waals surface area contributed by atoms with Crippen LogP contribution < -0.4 is 5.56 Å². The smallest absolute Gasteiger partial charge is 0.261 e. The lowest BCUT2D eigenvalue weighted by Gasteiger charge is -2.19. The number of carbonyl (C=O) groups is 2. The van der Waals surface area contributed by atoms with Crippen molar-refractivity contribution in [2.45, 2.75) is 39.0 Å². The molecule has 0 saturated heterocycles. The Morgan fingerprint density at radius 2 is 1.55 bits per heavy atom. The molecule has 0 aliphatic carbocycles. The fourth-order valence-corrected chi connectivity index (χ4v) is 3.77. The van der Waals surface area contributed by atoms with Gasteiger partial charge in [0.25, 0.3) is 17.4 Å². The van der Waals surface area contributed by atoms with Gasteiger partial charge in [0.1, 0.15) is 0 Å². The molecule has 0 saturated carbocycles. The van der Waals surface area contributed by atoms with E-state index in [2.05, 4.69) is 31.8 Å². The Morgan fingerprint density at radius 3 is 2.17 bits per heavy atom. The number of nitrogens with one attached hydrogen (secondary N) is 1. The van der Waals surface area contributed by atoms with Crippen LogP contribution in [-0.2, 0) is 11.8 Å². The van der Waals surface area contributed by atoms with Gasteiger partial charge in [-0.2, -0.15) is 0 Å². The van der Waals surface area contributed by atoms with Gasteiger partial charge >= 0.3 is 0 Å². The first-order valence-corrected chi connectivity index (χ1v) is 9.87. The van der Waals surface area contributed by atoms with Crippen LogP contribution in [0.25, 0.3) is 10.9 Å². The van der Waals surface area contributed by atoms with E-state index in [9.17, 15) is 14.4 Å². The molecule has 0 bridgehead atoms. The third kappa shape index (κ3) is 3.48. The van der Waals surface area contributed by atoms with Gasteiger partial charge in [-0.1, -0.05) is 39.0 Å². The zero-order valence-electron chi connectivity index (χ0n) is 16.9. The van der Waals surface area contributed by atoms with Gasteiger partial charge in [0.05, 0.1) is 11.1 Å². The van der Waals surface area contributed by atoms with E-state index in [1.54, 1.807) is 24.3 Å². The Morgan fingerprint density at radius 1 is 0.897 bits per heavy atom. The number of aromatic nitrogens is 1. The van der Waals surface area contributed by atoms with E-state index >= 15 is 0 Å². The molecule has 2 heterocycles. The Hall–Kier alpha value is -3.21. The summed E-state index contributed by atoms with van der Waals surface area (Å²) in [6.07, 6.45) is 1.04. The van der Waals surface area contributed by atoms with Crippen molar-refractivity contribution in [3.05, 3.63) is 81.1 Å². The van der Waals surface area contributed by atoms with E-state index in [1.165, 1.54) is 10.5 Å². The number of aromatic amines is 1. The van der Waals surface area contributed by atoms with Gasteiger partial charge < -0.3 is 4.98 Å². The van der Waals surface area contributed by atoms with Gasteiger partial charge in [-0.05, 0) is 59.5 Å². The molecular weight excluding hydrogens is 364 g/mol. The van der Waals surface area contributed by atoms with E-state index in [-0.39, 0.29) is 22.8 Å². The second-order valence-corrected chi connectivity index (χ2v) is 8.59. The number of rotatable bonds is 4. The molecule has 0 unspecified atom stereocenters. The molecule has 1 aliphatic heterocycles. The minimum absolute atomic E-state index is 0.0238. The number of nitrogens with zero attached hydrogens (tertiary/aromatic N) is 1. The summed E-state index contributed by atoms with van der Waals surface area (Å²) in [5, 5.41) is 0.993. The molecule has 148 valence electrons. The zero-order valence-corrected chi connectivity index (χ0v) is 16.9. The lowest BCUT2D eigenvalue weighted by Crippen LogP contribution is -2.31. The van der Waals surface area contributed by atoms with Crippen LogP contribution in [0.5, 0.6) is 0 Å². The second kappa shape index (κ2) is 6.99. The number of imide groups is 1. The van der Waals surface area contributed by atoms with Crippen molar-refractivity contribution in [2.75, 3.05) is 6.54 Å². The average molecular weight is 388 g/mol. The van der Waals surface area contributed by atoms with E-state index < -0.39 is 0 Å². The summed E-state index contributed by atoms with van der Waals surface area (Å²) < 4.78 is 0. The first kappa shape index (κ1) is 19.1. The van der Waals surface area contributed by atoms with Gasteiger partial charge in [-0.25, -0.2) is 0 Å². The monoisotopic (exact) mass is 388 g/mol. The first-order valence-electron chi connectivity index (χ1n) is 9.87. The van der Waals surface area contributed by atoms with Gasteiger partial charge in [-0.15, -0.1) is 0 Å². The number of hydrogen-bond donors (Lipinski definition) is 1. The third-order valence-electron chi connectivity index (χ3n) is 5.49. The number of H-pyrrole nitrogens is 1. The Balaban J connectivity index is 1.51. The number of amides is 2. The maximum Gasteiger partial charge on any atom is 0.261 e. The maximum atomic E-state index is 12.5. The molecule has 1 aromatic heterocycles. The molecule has 2 aromatic carbocycles. The van der Waals surface area contributed by atoms with Crippen LogP contribution in [-0.4, -0.2) is 28.2 Å². The molecule has 5 heteroatoms. The molecule has 0 atom stereocenters. The molecule has 2 amide bonds. The molecule has 1 N–H and O–H groups in total. The number of carbonyl (C=O) groups excluding carboxylic acids is 2. The van der Waals surface area contributed by atoms with E-state index in [0.29, 0.717) is 36.1 Å². The fourth-order valence-electron chi connectivity index (χ4n) is 3.77. The quantitative estimate of drug-likeness (QED) is 0.686. The van der Waals surface area contributed by atoms with Crippen molar-refractivity contribution in [1.82, 2.24) is 9.88 Å². The number of fused-ring (bicyclic) bond motifs is 2. The van der Waals surface area contributed by atoms with Gasteiger partial charge in [-0.3, -0.25) is 19.3 Å². The molecule has 1 aliphatic rings. The summed E-state index contributed by atoms with van der Waals surface area (Å²) in [6, 6.07) is 14.9. The highest BCUT2D eigenvalue weighted by atomic mass is 16.2. The molecule has 0 radical (unpaired) electrons. The van der Waals surface area contributed by atoms with Crippen molar-refractivity contribution >= 4 is 22.7 Å². The summed E-state index contributed by atoms with van der Waals surface area (Å²) in [7, 11) is 0. The fraction of sp³-hybridized carbons (Fsp3) is 0.292. The summed E-state index contributed by atoms with van der Waals surface area (Å²) in [5.74, 6) is -0.513.